The minimum atomic E-state index is -0.525. The first-order valence-electron chi connectivity index (χ1n) is 9.35. The lowest BCUT2D eigenvalue weighted by Gasteiger charge is -2.14. The Hall–Kier alpha value is -3.63. The van der Waals surface area contributed by atoms with E-state index in [4.69, 9.17) is 14.3 Å². The first-order valence-corrected chi connectivity index (χ1v) is 9.35. The molecule has 3 N–H and O–H groups in total. The van der Waals surface area contributed by atoms with Gasteiger partial charge in [-0.2, -0.15) is 0 Å². The third-order valence-corrected chi connectivity index (χ3v) is 3.92. The molecule has 10 heteroatoms. The zero-order valence-electron chi connectivity index (χ0n) is 18.5. The Morgan fingerprint density at radius 1 is 1.19 bits per heavy atom. The monoisotopic (exact) mass is 450 g/mol. The van der Waals surface area contributed by atoms with Crippen LogP contribution in [0.5, 0.6) is 23.0 Å². The summed E-state index contributed by atoms with van der Waals surface area (Å²) in [5.41, 5.74) is 3.08. The highest BCUT2D eigenvalue weighted by molar-refractivity contribution is 5.83. The summed E-state index contributed by atoms with van der Waals surface area (Å²) < 4.78 is 24.9. The van der Waals surface area contributed by atoms with Crippen molar-refractivity contribution in [2.24, 2.45) is 0 Å². The molecule has 174 valence electrons. The van der Waals surface area contributed by atoms with Gasteiger partial charge in [-0.25, -0.2) is 4.39 Å². The predicted molar refractivity (Wildman–Crippen MR) is 116 cm³/mol. The Morgan fingerprint density at radius 3 is 2.44 bits per heavy atom. The molecule has 2 rings (SSSR count). The highest BCUT2D eigenvalue weighted by Gasteiger charge is 2.14. The zero-order valence-corrected chi connectivity index (χ0v) is 18.5. The fourth-order valence-corrected chi connectivity index (χ4v) is 2.26. The van der Waals surface area contributed by atoms with Crippen LogP contribution in [0.4, 0.5) is 4.39 Å². The molecule has 0 aliphatic rings. The van der Waals surface area contributed by atoms with Crippen LogP contribution in [-0.4, -0.2) is 38.6 Å². The number of rotatable bonds is 9. The van der Waals surface area contributed by atoms with Crippen LogP contribution in [0, 0.1) is 5.82 Å². The number of ether oxygens (including phenoxy) is 2. The number of amides is 1. The van der Waals surface area contributed by atoms with Gasteiger partial charge in [-0.05, 0) is 36.3 Å². The third-order valence-electron chi connectivity index (χ3n) is 3.92. The van der Waals surface area contributed by atoms with E-state index in [1.165, 1.54) is 51.5 Å². The summed E-state index contributed by atoms with van der Waals surface area (Å²) in [5, 5.41) is 12.6. The lowest BCUT2D eigenvalue weighted by atomic mass is 10.1. The Morgan fingerprint density at radius 2 is 1.88 bits per heavy atom. The second-order valence-electron chi connectivity index (χ2n) is 6.27. The average molecular weight is 450 g/mol. The standard InChI is InChI=1S/C19H20FNO6.C3H7NO/c1-12(10-22)7-14-17(23)8-13(9-19(14)24-2)26-11-15-16(20)5-4-6-18(15)27-21-25-3;1-3(5)4-2/h4-10,21,23H,11H2,1-3H3;1-2H3,(H,4,5)/b12-7+;. The molecule has 0 heterocycles. The molecule has 9 nitrogen and oxygen atoms in total. The van der Waals surface area contributed by atoms with E-state index >= 15 is 0 Å². The van der Waals surface area contributed by atoms with Crippen molar-refractivity contribution in [3.63, 3.8) is 0 Å². The van der Waals surface area contributed by atoms with Crippen molar-refractivity contribution in [3.8, 4) is 23.0 Å². The molecule has 1 amide bonds. The maximum atomic E-state index is 14.1. The summed E-state index contributed by atoms with van der Waals surface area (Å²) in [7, 11) is 4.38. The average Bonchev–Trinajstić information content (AvgIpc) is 2.78. The van der Waals surface area contributed by atoms with Gasteiger partial charge in [0.25, 0.3) is 0 Å². The number of aldehydes is 1. The molecule has 0 saturated carbocycles. The van der Waals surface area contributed by atoms with Crippen molar-refractivity contribution < 1.29 is 38.2 Å². The molecule has 0 spiro atoms. The highest BCUT2D eigenvalue weighted by Crippen LogP contribution is 2.35. The Balaban J connectivity index is 0.000000920. The van der Waals surface area contributed by atoms with Crippen LogP contribution in [0.1, 0.15) is 25.0 Å². The Kier molecular flexibility index (Phi) is 11.2. The van der Waals surface area contributed by atoms with Crippen molar-refractivity contribution in [2.75, 3.05) is 21.3 Å². The third kappa shape index (κ3) is 8.25. The molecule has 32 heavy (non-hydrogen) atoms. The van der Waals surface area contributed by atoms with Gasteiger partial charge in [-0.15, -0.1) is 0 Å². The number of hydrogen-bond donors (Lipinski definition) is 3. The number of allylic oxidation sites excluding steroid dienone is 1. The number of hydrogen-bond acceptors (Lipinski definition) is 8. The molecular formula is C22H27FN2O7. The molecule has 2 aromatic rings. The summed E-state index contributed by atoms with van der Waals surface area (Å²) in [6.07, 6.45) is 2.15. The number of nitrogens with one attached hydrogen (secondary N) is 2. The number of methoxy groups -OCH3 is 1. The molecule has 0 aliphatic heterocycles. The molecule has 0 unspecified atom stereocenters. The molecule has 0 aromatic heterocycles. The fraction of sp³-hybridized carbons (Fsp3) is 0.273. The van der Waals surface area contributed by atoms with Crippen molar-refractivity contribution in [1.29, 1.82) is 0 Å². The maximum Gasteiger partial charge on any atom is 0.216 e. The van der Waals surface area contributed by atoms with Crippen LogP contribution >= 0.6 is 0 Å². The van der Waals surface area contributed by atoms with Crippen molar-refractivity contribution in [3.05, 3.63) is 52.8 Å². The maximum absolute atomic E-state index is 14.1. The summed E-state index contributed by atoms with van der Waals surface area (Å²) in [6.45, 7) is 2.91. The Labute approximate surface area is 185 Å². The van der Waals surface area contributed by atoms with Gasteiger partial charge in [0.1, 0.15) is 36.0 Å². The summed E-state index contributed by atoms with van der Waals surface area (Å²) in [6, 6.07) is 7.17. The van der Waals surface area contributed by atoms with E-state index in [0.717, 1.165) is 0 Å². The molecule has 0 saturated heterocycles. The normalized spacial score (nSPS) is 10.5. The quantitative estimate of drug-likeness (QED) is 0.304. The topological polar surface area (TPSA) is 115 Å². The molecule has 0 atom stereocenters. The minimum absolute atomic E-state index is 0.00463. The lowest BCUT2D eigenvalue weighted by molar-refractivity contribution is -0.118. The second kappa shape index (κ2) is 13.6. The van der Waals surface area contributed by atoms with E-state index in [1.54, 1.807) is 20.0 Å². The van der Waals surface area contributed by atoms with E-state index in [9.17, 15) is 19.1 Å². The summed E-state index contributed by atoms with van der Waals surface area (Å²) >= 11 is 0. The van der Waals surface area contributed by atoms with Gasteiger partial charge in [0.15, 0.2) is 5.75 Å². The molecular weight excluding hydrogens is 423 g/mol. The number of phenolic OH excluding ortho intramolecular Hbond substituents is 1. The Bertz CT molecular complexity index is 948. The molecule has 0 radical (unpaired) electrons. The molecule has 2 aromatic carbocycles. The van der Waals surface area contributed by atoms with E-state index in [2.05, 4.69) is 15.8 Å². The summed E-state index contributed by atoms with van der Waals surface area (Å²) in [4.78, 5) is 30.2. The highest BCUT2D eigenvalue weighted by atomic mass is 19.1. The smallest absolute Gasteiger partial charge is 0.216 e. The van der Waals surface area contributed by atoms with Crippen molar-refractivity contribution in [1.82, 2.24) is 11.0 Å². The first-order chi connectivity index (χ1) is 15.3. The van der Waals surface area contributed by atoms with Gasteiger partial charge in [0.2, 0.25) is 5.91 Å². The van der Waals surface area contributed by atoms with Gasteiger partial charge in [0.05, 0.1) is 25.3 Å². The summed E-state index contributed by atoms with van der Waals surface area (Å²) in [5.74, 6) is 0.0787. The fourth-order valence-electron chi connectivity index (χ4n) is 2.26. The van der Waals surface area contributed by atoms with Crippen molar-refractivity contribution in [2.45, 2.75) is 20.5 Å². The largest absolute Gasteiger partial charge is 0.507 e. The zero-order chi connectivity index (χ0) is 24.1. The van der Waals surface area contributed by atoms with Gasteiger partial charge in [0, 0.05) is 26.1 Å². The number of carbonyl (C=O) groups is 2. The van der Waals surface area contributed by atoms with Crippen LogP contribution in [0.2, 0.25) is 0 Å². The van der Waals surface area contributed by atoms with E-state index in [0.29, 0.717) is 23.2 Å². The SMILES string of the molecule is CNC(C)=O.CONOc1cccc(F)c1COc1cc(O)c(/C=C(\C)C=O)c(OC)c1. The predicted octanol–water partition coefficient (Wildman–Crippen LogP) is 2.92. The van der Waals surface area contributed by atoms with E-state index < -0.39 is 5.82 Å². The number of phenols is 1. The van der Waals surface area contributed by atoms with E-state index in [-0.39, 0.29) is 35.3 Å². The van der Waals surface area contributed by atoms with E-state index in [1.807, 2.05) is 0 Å². The van der Waals surface area contributed by atoms with Gasteiger partial charge < -0.3 is 24.7 Å². The van der Waals surface area contributed by atoms with Crippen LogP contribution < -0.4 is 25.3 Å². The number of aromatic hydroxyl groups is 1. The minimum Gasteiger partial charge on any atom is -0.507 e. The first kappa shape index (κ1) is 26.4. The van der Waals surface area contributed by atoms with Crippen LogP contribution in [0.3, 0.4) is 0 Å². The van der Waals surface area contributed by atoms with Gasteiger partial charge >= 0.3 is 0 Å². The van der Waals surface area contributed by atoms with Crippen LogP contribution in [0.15, 0.2) is 35.9 Å². The van der Waals surface area contributed by atoms with Crippen LogP contribution in [0.25, 0.3) is 6.08 Å². The number of benzene rings is 2. The van der Waals surface area contributed by atoms with Gasteiger partial charge in [-0.3, -0.25) is 14.4 Å². The molecule has 0 bridgehead atoms. The number of halogens is 1. The number of carbonyl (C=O) groups excluding carboxylic acids is 2. The van der Waals surface area contributed by atoms with Gasteiger partial charge in [-0.1, -0.05) is 6.07 Å². The molecule has 0 aliphatic carbocycles. The van der Waals surface area contributed by atoms with Crippen molar-refractivity contribution >= 4 is 18.3 Å². The van der Waals surface area contributed by atoms with Crippen LogP contribution in [-0.2, 0) is 21.0 Å². The molecule has 0 fully saturated rings. The lowest BCUT2D eigenvalue weighted by Crippen LogP contribution is -2.18. The second-order valence-corrected chi connectivity index (χ2v) is 6.27.